The van der Waals surface area contributed by atoms with E-state index in [1.807, 2.05) is 14.0 Å². The molecule has 1 atom stereocenters. The van der Waals surface area contributed by atoms with Gasteiger partial charge in [0.1, 0.15) is 5.75 Å². The van der Waals surface area contributed by atoms with Gasteiger partial charge in [-0.15, -0.1) is 0 Å². The van der Waals surface area contributed by atoms with Gasteiger partial charge in [0, 0.05) is 45.3 Å². The Hall–Kier alpha value is -1.33. The van der Waals surface area contributed by atoms with Crippen LogP contribution >= 0.6 is 0 Å². The van der Waals surface area contributed by atoms with Crippen LogP contribution in [-0.2, 0) is 10.9 Å². The van der Waals surface area contributed by atoms with Crippen molar-refractivity contribution < 1.29 is 22.6 Å². The molecule has 0 fully saturated rings. The number of alkyl halides is 3. The Morgan fingerprint density at radius 3 is 2.24 bits per heavy atom. The van der Waals surface area contributed by atoms with Gasteiger partial charge in [-0.05, 0) is 43.0 Å². The molecular formula is C24H43F3N2O2Si2. The Balaban J connectivity index is 3.31. The highest BCUT2D eigenvalue weighted by molar-refractivity contribution is 6.76. The number of hydrogen-bond donors (Lipinski definition) is 0. The molecule has 0 aromatic heterocycles. The van der Waals surface area contributed by atoms with Crippen LogP contribution in [0, 0.1) is 6.92 Å². The molecule has 33 heavy (non-hydrogen) atoms. The van der Waals surface area contributed by atoms with Crippen LogP contribution in [0.3, 0.4) is 0 Å². The van der Waals surface area contributed by atoms with Gasteiger partial charge < -0.3 is 14.4 Å². The molecule has 9 heteroatoms. The smallest absolute Gasteiger partial charge is 0.420 e. The van der Waals surface area contributed by atoms with Crippen molar-refractivity contribution in [3.8, 4) is 5.75 Å². The number of ether oxygens (including phenoxy) is 2. The van der Waals surface area contributed by atoms with E-state index in [-0.39, 0.29) is 16.5 Å². The molecule has 4 nitrogen and oxygen atoms in total. The SMILES string of the molecule is CCN(C)C=Nc1cc(C(F)(F)F)c(OC(C)(CC(C)(C)[SiH3])OCCC[Si](C)(C)C)cc1C. The summed E-state index contributed by atoms with van der Waals surface area (Å²) in [6.45, 7) is 17.7. The first-order chi connectivity index (χ1) is 14.9. The molecule has 1 rings (SSSR count). The summed E-state index contributed by atoms with van der Waals surface area (Å²) in [6, 6.07) is 3.60. The fourth-order valence-corrected chi connectivity index (χ4v) is 5.41. The lowest BCUT2D eigenvalue weighted by atomic mass is 10.0. The minimum atomic E-state index is -4.57. The van der Waals surface area contributed by atoms with E-state index in [4.69, 9.17) is 9.47 Å². The summed E-state index contributed by atoms with van der Waals surface area (Å²) in [5.74, 6) is -1.36. The molecule has 190 valence electrons. The van der Waals surface area contributed by atoms with E-state index in [1.54, 1.807) is 25.1 Å². The summed E-state index contributed by atoms with van der Waals surface area (Å²) in [6.07, 6.45) is -1.64. The van der Waals surface area contributed by atoms with Gasteiger partial charge in [-0.3, -0.25) is 0 Å². The first-order valence-corrected chi connectivity index (χ1v) is 16.4. The van der Waals surface area contributed by atoms with E-state index in [0.717, 1.165) is 28.8 Å². The average Bonchev–Trinajstić information content (AvgIpc) is 2.61. The number of rotatable bonds is 12. The largest absolute Gasteiger partial charge is 0.462 e. The second-order valence-corrected chi connectivity index (χ2v) is 19.8. The maximum Gasteiger partial charge on any atom is 0.420 e. The van der Waals surface area contributed by atoms with Crippen molar-refractivity contribution in [3.63, 3.8) is 0 Å². The van der Waals surface area contributed by atoms with E-state index in [0.29, 0.717) is 25.1 Å². The topological polar surface area (TPSA) is 34.1 Å². The van der Waals surface area contributed by atoms with Crippen LogP contribution in [0.15, 0.2) is 17.1 Å². The van der Waals surface area contributed by atoms with Gasteiger partial charge in [0.25, 0.3) is 0 Å². The normalized spacial score (nSPS) is 15.2. The van der Waals surface area contributed by atoms with Crippen molar-refractivity contribution in [2.75, 3.05) is 20.2 Å². The fourth-order valence-electron chi connectivity index (χ4n) is 3.56. The number of hydrogen-bond acceptors (Lipinski definition) is 3. The molecule has 0 aliphatic heterocycles. The van der Waals surface area contributed by atoms with Crippen molar-refractivity contribution in [1.82, 2.24) is 4.90 Å². The summed E-state index contributed by atoms with van der Waals surface area (Å²) < 4.78 is 54.2. The Kier molecular flexibility index (Phi) is 10.3. The van der Waals surface area contributed by atoms with E-state index in [9.17, 15) is 13.2 Å². The molecule has 0 N–H and O–H groups in total. The summed E-state index contributed by atoms with van der Waals surface area (Å²) >= 11 is 0. The summed E-state index contributed by atoms with van der Waals surface area (Å²) in [5.41, 5.74) is 0.0587. The van der Waals surface area contributed by atoms with E-state index >= 15 is 0 Å². The number of benzene rings is 1. The van der Waals surface area contributed by atoms with Gasteiger partial charge in [0.05, 0.1) is 24.2 Å². The molecule has 1 aromatic rings. The van der Waals surface area contributed by atoms with E-state index in [2.05, 4.69) is 38.5 Å². The monoisotopic (exact) mass is 504 g/mol. The van der Waals surface area contributed by atoms with Crippen molar-refractivity contribution >= 4 is 30.3 Å². The highest BCUT2D eigenvalue weighted by Crippen LogP contribution is 2.43. The van der Waals surface area contributed by atoms with Crippen LogP contribution < -0.4 is 4.74 Å². The number of halogens is 3. The van der Waals surface area contributed by atoms with Crippen molar-refractivity contribution in [3.05, 3.63) is 23.3 Å². The molecular weight excluding hydrogens is 461 g/mol. The fraction of sp³-hybridized carbons (Fsp3) is 0.708. The lowest BCUT2D eigenvalue weighted by Crippen LogP contribution is -2.40. The van der Waals surface area contributed by atoms with Crippen LogP contribution in [-0.4, -0.2) is 55.5 Å². The van der Waals surface area contributed by atoms with Crippen LogP contribution in [0.2, 0.25) is 30.7 Å². The van der Waals surface area contributed by atoms with Crippen LogP contribution in [0.1, 0.15) is 51.7 Å². The first-order valence-electron chi connectivity index (χ1n) is 11.6. The molecule has 0 aliphatic rings. The Morgan fingerprint density at radius 2 is 1.76 bits per heavy atom. The highest BCUT2D eigenvalue weighted by Gasteiger charge is 2.39. The molecule has 0 saturated carbocycles. The predicted molar refractivity (Wildman–Crippen MR) is 139 cm³/mol. The number of aryl methyl sites for hydroxylation is 1. The standard InChI is InChI=1S/C24H43F3N2O2Si2/c1-10-29(6)17-28-20-15-19(24(25,26)27)21(14-18(20)2)31-23(5,16-22(3,4)32)30-12-11-13-33(7,8)9/h14-15,17H,10-13,16H2,1-9,32H3. The van der Waals surface area contributed by atoms with Gasteiger partial charge in [-0.2, -0.15) is 13.2 Å². The minimum Gasteiger partial charge on any atom is -0.462 e. The zero-order valence-electron chi connectivity index (χ0n) is 22.1. The van der Waals surface area contributed by atoms with Gasteiger partial charge in [-0.25, -0.2) is 4.99 Å². The predicted octanol–water partition coefficient (Wildman–Crippen LogP) is 6.42. The zero-order valence-corrected chi connectivity index (χ0v) is 25.1. The third-order valence-corrected chi connectivity index (χ3v) is 7.36. The van der Waals surface area contributed by atoms with Crippen molar-refractivity contribution in [1.29, 1.82) is 0 Å². The van der Waals surface area contributed by atoms with Gasteiger partial charge in [-0.1, -0.05) is 39.5 Å². The lowest BCUT2D eigenvalue weighted by Gasteiger charge is -2.37. The highest BCUT2D eigenvalue weighted by atomic mass is 28.3. The first kappa shape index (κ1) is 29.7. The Morgan fingerprint density at radius 1 is 1.15 bits per heavy atom. The summed E-state index contributed by atoms with van der Waals surface area (Å²) in [4.78, 5) is 6.06. The third-order valence-electron chi connectivity index (χ3n) is 5.15. The molecule has 0 heterocycles. The van der Waals surface area contributed by atoms with Crippen molar-refractivity contribution in [2.24, 2.45) is 4.99 Å². The summed E-state index contributed by atoms with van der Waals surface area (Å²) in [5, 5.41) is -0.0596. The molecule has 0 aliphatic carbocycles. The molecule has 0 radical (unpaired) electrons. The lowest BCUT2D eigenvalue weighted by molar-refractivity contribution is -0.184. The van der Waals surface area contributed by atoms with Gasteiger partial charge in [0.2, 0.25) is 5.79 Å². The van der Waals surface area contributed by atoms with Crippen LogP contribution in [0.4, 0.5) is 18.9 Å². The molecule has 0 spiro atoms. The molecule has 1 unspecified atom stereocenters. The van der Waals surface area contributed by atoms with Crippen molar-refractivity contribution in [2.45, 2.75) is 90.1 Å². The van der Waals surface area contributed by atoms with Crippen LogP contribution in [0.25, 0.3) is 0 Å². The summed E-state index contributed by atoms with van der Waals surface area (Å²) in [7, 11) is 1.46. The Labute approximate surface area is 202 Å². The molecule has 0 bridgehead atoms. The number of nitrogens with zero attached hydrogens (tertiary/aromatic N) is 2. The maximum absolute atomic E-state index is 14.0. The van der Waals surface area contributed by atoms with Gasteiger partial charge >= 0.3 is 6.18 Å². The number of aliphatic imine (C=N–C) groups is 1. The van der Waals surface area contributed by atoms with Gasteiger partial charge in [0.15, 0.2) is 0 Å². The van der Waals surface area contributed by atoms with E-state index < -0.39 is 25.6 Å². The second-order valence-electron chi connectivity index (χ2n) is 11.4. The minimum absolute atomic E-state index is 0.0596. The molecule has 1 aromatic carbocycles. The second kappa shape index (κ2) is 11.4. The molecule has 0 amide bonds. The van der Waals surface area contributed by atoms with E-state index in [1.165, 1.54) is 6.07 Å². The van der Waals surface area contributed by atoms with Crippen LogP contribution in [0.5, 0.6) is 5.75 Å². The quantitative estimate of drug-likeness (QED) is 0.108. The average molecular weight is 505 g/mol. The Bertz CT molecular complexity index is 803. The molecule has 0 saturated heterocycles. The maximum atomic E-state index is 14.0. The third kappa shape index (κ3) is 11.1. The zero-order chi connectivity index (χ0) is 25.7.